The molecule has 0 aliphatic carbocycles. The number of nitrogens with one attached hydrogen (secondary N) is 1. The van der Waals surface area contributed by atoms with Crippen LogP contribution in [0.25, 0.3) is 5.52 Å². The van der Waals surface area contributed by atoms with Gasteiger partial charge in [0.2, 0.25) is 11.8 Å². The maximum atomic E-state index is 12.6. The number of amides is 2. The van der Waals surface area contributed by atoms with Crippen LogP contribution in [0, 0.1) is 0 Å². The summed E-state index contributed by atoms with van der Waals surface area (Å²) >= 11 is 0. The fraction of sp³-hybridized carbons (Fsp3) is 0.267. The number of carbonyl (C=O) groups excluding carboxylic acids is 2. The van der Waals surface area contributed by atoms with Gasteiger partial charge in [-0.05, 0) is 12.1 Å². The maximum Gasteiger partial charge on any atom is 0.293 e. The Kier molecular flexibility index (Phi) is 4.69. The molecule has 0 bridgehead atoms. The molecule has 0 atom stereocenters. The summed E-state index contributed by atoms with van der Waals surface area (Å²) in [5.74, 6) is -0.210. The number of aromatic nitrogens is 6. The standard InChI is InChI=1S/C15H16N8O3/c1-2-13-21-22(7-14(25)19-12-3-4-17-8-18-12)15(26)10-5-9(6-11(16)24)20-23(10)13/h3-5,8H,2,6-7H2,1H3,(H2,16,24)(H,17,18,19,25). The van der Waals surface area contributed by atoms with Gasteiger partial charge in [-0.1, -0.05) is 6.92 Å². The predicted molar refractivity (Wildman–Crippen MR) is 90.2 cm³/mol. The van der Waals surface area contributed by atoms with Gasteiger partial charge >= 0.3 is 0 Å². The highest BCUT2D eigenvalue weighted by molar-refractivity contribution is 5.89. The van der Waals surface area contributed by atoms with Gasteiger partial charge in [-0.15, -0.1) is 0 Å². The summed E-state index contributed by atoms with van der Waals surface area (Å²) in [6, 6.07) is 3.01. The Morgan fingerprint density at radius 1 is 1.31 bits per heavy atom. The van der Waals surface area contributed by atoms with Crippen molar-refractivity contribution in [2.24, 2.45) is 5.73 Å². The summed E-state index contributed by atoms with van der Waals surface area (Å²) in [5, 5.41) is 10.9. The number of hydrogen-bond donors (Lipinski definition) is 2. The molecule has 0 unspecified atom stereocenters. The second-order valence-corrected chi connectivity index (χ2v) is 5.45. The van der Waals surface area contributed by atoms with E-state index in [-0.39, 0.29) is 18.5 Å². The van der Waals surface area contributed by atoms with Crippen LogP contribution in [-0.4, -0.2) is 41.2 Å². The first kappa shape index (κ1) is 17.2. The average molecular weight is 356 g/mol. The van der Waals surface area contributed by atoms with Crippen molar-refractivity contribution >= 4 is 23.1 Å². The molecule has 0 aliphatic rings. The van der Waals surface area contributed by atoms with Crippen molar-refractivity contribution in [2.75, 3.05) is 5.32 Å². The minimum Gasteiger partial charge on any atom is -0.369 e. The van der Waals surface area contributed by atoms with Crippen molar-refractivity contribution in [1.82, 2.24) is 29.4 Å². The first-order valence-corrected chi connectivity index (χ1v) is 7.80. The summed E-state index contributed by atoms with van der Waals surface area (Å²) in [4.78, 5) is 43.5. The highest BCUT2D eigenvalue weighted by atomic mass is 16.2. The first-order valence-electron chi connectivity index (χ1n) is 7.80. The van der Waals surface area contributed by atoms with E-state index in [1.54, 1.807) is 0 Å². The number of carbonyl (C=O) groups is 2. The van der Waals surface area contributed by atoms with Gasteiger partial charge in [0, 0.05) is 12.6 Å². The number of primary amides is 1. The lowest BCUT2D eigenvalue weighted by Gasteiger charge is -2.08. The number of hydrogen-bond acceptors (Lipinski definition) is 7. The van der Waals surface area contributed by atoms with E-state index in [0.29, 0.717) is 23.8 Å². The van der Waals surface area contributed by atoms with Gasteiger partial charge in [0.1, 0.15) is 24.2 Å². The largest absolute Gasteiger partial charge is 0.369 e. The van der Waals surface area contributed by atoms with Crippen molar-refractivity contribution < 1.29 is 9.59 Å². The zero-order valence-electron chi connectivity index (χ0n) is 13.9. The number of nitrogens with two attached hydrogens (primary N) is 1. The lowest BCUT2D eigenvalue weighted by Crippen LogP contribution is -2.32. The molecule has 11 nitrogen and oxygen atoms in total. The molecular weight excluding hydrogens is 340 g/mol. The van der Waals surface area contributed by atoms with Crippen LogP contribution in [0.3, 0.4) is 0 Å². The van der Waals surface area contributed by atoms with E-state index in [1.807, 2.05) is 6.92 Å². The van der Waals surface area contributed by atoms with E-state index in [2.05, 4.69) is 25.5 Å². The Morgan fingerprint density at radius 3 is 2.77 bits per heavy atom. The molecule has 26 heavy (non-hydrogen) atoms. The third-order valence-electron chi connectivity index (χ3n) is 3.51. The van der Waals surface area contributed by atoms with Crippen molar-refractivity contribution in [3.8, 4) is 0 Å². The van der Waals surface area contributed by atoms with Gasteiger partial charge in [0.15, 0.2) is 5.82 Å². The van der Waals surface area contributed by atoms with E-state index >= 15 is 0 Å². The van der Waals surface area contributed by atoms with Gasteiger partial charge < -0.3 is 11.1 Å². The molecule has 134 valence electrons. The molecule has 3 aromatic rings. The second-order valence-electron chi connectivity index (χ2n) is 5.45. The number of aryl methyl sites for hydroxylation is 1. The Hall–Kier alpha value is -3.63. The van der Waals surface area contributed by atoms with E-state index in [1.165, 1.54) is 29.2 Å². The van der Waals surface area contributed by atoms with Gasteiger partial charge in [-0.25, -0.2) is 19.2 Å². The first-order chi connectivity index (χ1) is 12.5. The summed E-state index contributed by atoms with van der Waals surface area (Å²) in [6.07, 6.45) is 3.18. The van der Waals surface area contributed by atoms with Crippen molar-refractivity contribution in [2.45, 2.75) is 26.3 Å². The molecule has 0 spiro atoms. The van der Waals surface area contributed by atoms with E-state index < -0.39 is 17.4 Å². The Bertz CT molecular complexity index is 1020. The van der Waals surface area contributed by atoms with Crippen LogP contribution in [-0.2, 0) is 29.0 Å². The molecule has 0 aliphatic heterocycles. The molecule has 0 saturated carbocycles. The van der Waals surface area contributed by atoms with E-state index in [9.17, 15) is 14.4 Å². The number of nitrogens with zero attached hydrogens (tertiary/aromatic N) is 6. The van der Waals surface area contributed by atoms with Crippen LogP contribution in [0.15, 0.2) is 29.5 Å². The number of rotatable bonds is 6. The maximum absolute atomic E-state index is 12.6. The average Bonchev–Trinajstić information content (AvgIpc) is 3.01. The molecule has 0 fully saturated rings. The lowest BCUT2D eigenvalue weighted by molar-refractivity contribution is -0.118. The van der Waals surface area contributed by atoms with Gasteiger partial charge in [0.05, 0.1) is 12.1 Å². The number of anilines is 1. The van der Waals surface area contributed by atoms with Crippen LogP contribution in [0.4, 0.5) is 5.82 Å². The van der Waals surface area contributed by atoms with Gasteiger partial charge in [0.25, 0.3) is 5.56 Å². The fourth-order valence-electron chi connectivity index (χ4n) is 2.41. The molecule has 3 heterocycles. The Balaban J connectivity index is 1.93. The lowest BCUT2D eigenvalue weighted by atomic mass is 10.3. The molecule has 3 N–H and O–H groups in total. The fourth-order valence-corrected chi connectivity index (χ4v) is 2.41. The van der Waals surface area contributed by atoms with Crippen LogP contribution in [0.5, 0.6) is 0 Å². The second kappa shape index (κ2) is 7.09. The van der Waals surface area contributed by atoms with Crippen molar-refractivity contribution in [1.29, 1.82) is 0 Å². The molecule has 3 aromatic heterocycles. The summed E-state index contributed by atoms with van der Waals surface area (Å²) < 4.78 is 2.43. The monoisotopic (exact) mass is 356 g/mol. The normalized spacial score (nSPS) is 10.8. The van der Waals surface area contributed by atoms with Crippen LogP contribution < -0.4 is 16.6 Å². The molecule has 0 aromatic carbocycles. The minimum absolute atomic E-state index is 0.0848. The van der Waals surface area contributed by atoms with Gasteiger partial charge in [-0.2, -0.15) is 10.2 Å². The van der Waals surface area contributed by atoms with Crippen LogP contribution in [0.1, 0.15) is 18.4 Å². The third kappa shape index (κ3) is 3.55. The molecular formula is C15H16N8O3. The molecule has 11 heteroatoms. The van der Waals surface area contributed by atoms with Crippen molar-refractivity contribution in [3.05, 3.63) is 46.5 Å². The molecule has 2 amide bonds. The van der Waals surface area contributed by atoms with Gasteiger partial charge in [-0.3, -0.25) is 14.4 Å². The Morgan fingerprint density at radius 2 is 2.12 bits per heavy atom. The molecule has 0 radical (unpaired) electrons. The van der Waals surface area contributed by atoms with Crippen molar-refractivity contribution in [3.63, 3.8) is 0 Å². The highest BCUT2D eigenvalue weighted by Crippen LogP contribution is 2.06. The summed E-state index contributed by atoms with van der Waals surface area (Å²) in [7, 11) is 0. The quantitative estimate of drug-likeness (QED) is 0.569. The molecule has 3 rings (SSSR count). The third-order valence-corrected chi connectivity index (χ3v) is 3.51. The van der Waals surface area contributed by atoms with Crippen LogP contribution >= 0.6 is 0 Å². The minimum atomic E-state index is -0.552. The van der Waals surface area contributed by atoms with Crippen LogP contribution in [0.2, 0.25) is 0 Å². The predicted octanol–water partition coefficient (Wildman–Crippen LogP) is -1.09. The summed E-state index contributed by atoms with van der Waals surface area (Å²) in [5.41, 5.74) is 5.27. The zero-order chi connectivity index (χ0) is 18.7. The topological polar surface area (TPSA) is 150 Å². The van der Waals surface area contributed by atoms with E-state index in [4.69, 9.17) is 5.73 Å². The zero-order valence-corrected chi connectivity index (χ0v) is 13.9. The highest BCUT2D eigenvalue weighted by Gasteiger charge is 2.16. The van der Waals surface area contributed by atoms with E-state index in [0.717, 1.165) is 4.68 Å². The Labute approximate surface area is 146 Å². The smallest absolute Gasteiger partial charge is 0.293 e. The number of fused-ring (bicyclic) bond motifs is 1. The summed E-state index contributed by atoms with van der Waals surface area (Å²) in [6.45, 7) is 1.55. The SMILES string of the molecule is CCc1nn(CC(=O)Nc2ccncn2)c(=O)c2cc(CC(N)=O)nn12. The molecule has 0 saturated heterocycles.